The molecular weight excluding hydrogens is 596 g/mol. The van der Waals surface area contributed by atoms with Crippen molar-refractivity contribution in [1.82, 2.24) is 20.1 Å². The molecule has 0 bridgehead atoms. The molecule has 1 aliphatic heterocycles. The number of nitrogens with one attached hydrogen (secondary N) is 1. The molecule has 40 heavy (non-hydrogen) atoms. The van der Waals surface area contributed by atoms with E-state index in [1.165, 1.54) is 29.5 Å². The molecule has 0 aliphatic carbocycles. The Bertz CT molecular complexity index is 1590. The molecule has 0 atom stereocenters. The summed E-state index contributed by atoms with van der Waals surface area (Å²) in [5.74, 6) is 0.151. The van der Waals surface area contributed by atoms with Gasteiger partial charge in [-0.25, -0.2) is 0 Å². The number of nitro groups is 1. The van der Waals surface area contributed by atoms with Crippen molar-refractivity contribution in [2.24, 2.45) is 0 Å². The number of carbonyl (C=O) groups excluding carboxylic acids is 2. The lowest BCUT2D eigenvalue weighted by molar-refractivity contribution is -0.385. The Morgan fingerprint density at radius 2 is 1.85 bits per heavy atom. The summed E-state index contributed by atoms with van der Waals surface area (Å²) >= 11 is 4.73. The number of rotatable bonds is 8. The number of aryl methyl sites for hydroxylation is 1. The highest BCUT2D eigenvalue weighted by atomic mass is 79.9. The van der Waals surface area contributed by atoms with Gasteiger partial charge in [-0.15, -0.1) is 10.2 Å². The van der Waals surface area contributed by atoms with Gasteiger partial charge in [0.2, 0.25) is 5.91 Å². The predicted molar refractivity (Wildman–Crippen MR) is 156 cm³/mol. The molecule has 3 aromatic carbocycles. The van der Waals surface area contributed by atoms with E-state index in [4.69, 9.17) is 0 Å². The number of amides is 2. The third-order valence-corrected chi connectivity index (χ3v) is 8.12. The molecule has 5 rings (SSSR count). The summed E-state index contributed by atoms with van der Waals surface area (Å²) in [6.45, 7) is 2.24. The Hall–Kier alpha value is -4.03. The number of aromatic nitrogens is 3. The topological polar surface area (TPSA) is 123 Å². The van der Waals surface area contributed by atoms with E-state index in [-0.39, 0.29) is 35.0 Å². The van der Waals surface area contributed by atoms with Crippen LogP contribution in [0.15, 0.2) is 76.4 Å². The molecule has 0 radical (unpaired) electrons. The van der Waals surface area contributed by atoms with Crippen LogP contribution in [0.5, 0.6) is 0 Å². The Morgan fingerprint density at radius 1 is 1.07 bits per heavy atom. The molecule has 2 heterocycles. The van der Waals surface area contributed by atoms with Crippen molar-refractivity contribution >= 4 is 50.9 Å². The summed E-state index contributed by atoms with van der Waals surface area (Å²) in [6.07, 6.45) is 1.87. The Kier molecular flexibility index (Phi) is 8.27. The van der Waals surface area contributed by atoms with E-state index >= 15 is 0 Å². The van der Waals surface area contributed by atoms with E-state index in [9.17, 15) is 19.7 Å². The fourth-order valence-corrected chi connectivity index (χ4v) is 5.79. The molecule has 2 amide bonds. The van der Waals surface area contributed by atoms with Crippen LogP contribution >= 0.6 is 27.7 Å². The molecule has 10 nitrogen and oxygen atoms in total. The van der Waals surface area contributed by atoms with Crippen LogP contribution in [0.3, 0.4) is 0 Å². The minimum absolute atomic E-state index is 0.0153. The van der Waals surface area contributed by atoms with Crippen LogP contribution in [0.1, 0.15) is 33.7 Å². The molecule has 0 unspecified atom stereocenters. The Morgan fingerprint density at radius 3 is 2.62 bits per heavy atom. The average molecular weight is 622 g/mol. The number of fused-ring (bicyclic) bond motifs is 1. The van der Waals surface area contributed by atoms with Gasteiger partial charge in [0.1, 0.15) is 0 Å². The second-order valence-corrected chi connectivity index (χ2v) is 11.0. The molecule has 0 spiro atoms. The summed E-state index contributed by atoms with van der Waals surface area (Å²) in [6, 6.07) is 19.9. The van der Waals surface area contributed by atoms with Crippen molar-refractivity contribution in [2.45, 2.75) is 31.5 Å². The summed E-state index contributed by atoms with van der Waals surface area (Å²) in [4.78, 5) is 38.8. The van der Waals surface area contributed by atoms with Gasteiger partial charge in [-0.3, -0.25) is 24.3 Å². The van der Waals surface area contributed by atoms with Gasteiger partial charge in [0, 0.05) is 39.6 Å². The quantitative estimate of drug-likeness (QED) is 0.162. The third kappa shape index (κ3) is 5.77. The monoisotopic (exact) mass is 620 g/mol. The first-order valence-corrected chi connectivity index (χ1v) is 14.3. The number of hydrogen-bond acceptors (Lipinski definition) is 7. The van der Waals surface area contributed by atoms with Gasteiger partial charge < -0.3 is 10.2 Å². The van der Waals surface area contributed by atoms with E-state index in [0.717, 1.165) is 28.7 Å². The lowest BCUT2D eigenvalue weighted by atomic mass is 10.0. The van der Waals surface area contributed by atoms with Gasteiger partial charge in [-0.2, -0.15) is 0 Å². The first-order valence-electron chi connectivity index (χ1n) is 12.6. The van der Waals surface area contributed by atoms with E-state index in [0.29, 0.717) is 17.5 Å². The zero-order valence-electron chi connectivity index (χ0n) is 21.5. The average Bonchev–Trinajstić information content (AvgIpc) is 3.37. The number of anilines is 1. The summed E-state index contributed by atoms with van der Waals surface area (Å²) in [5, 5.41) is 23.3. The number of nitro benzene ring substituents is 1. The van der Waals surface area contributed by atoms with Crippen LogP contribution in [0.2, 0.25) is 0 Å². The number of thioether (sulfide) groups is 1. The third-order valence-electron chi connectivity index (χ3n) is 6.67. The van der Waals surface area contributed by atoms with Crippen LogP contribution in [-0.4, -0.2) is 43.8 Å². The molecule has 12 heteroatoms. The molecule has 0 saturated heterocycles. The fraction of sp³-hybridized carbons (Fsp3) is 0.214. The van der Waals surface area contributed by atoms with Crippen molar-refractivity contribution in [3.05, 3.63) is 104 Å². The van der Waals surface area contributed by atoms with E-state index in [1.54, 1.807) is 17.6 Å². The minimum atomic E-state index is -0.510. The lowest BCUT2D eigenvalue weighted by Gasteiger charge is -2.29. The van der Waals surface area contributed by atoms with E-state index in [2.05, 4.69) is 37.5 Å². The van der Waals surface area contributed by atoms with Gasteiger partial charge in [0.15, 0.2) is 11.0 Å². The number of hydrogen-bond donors (Lipinski definition) is 1. The fourth-order valence-electron chi connectivity index (χ4n) is 4.68. The molecule has 1 N–H and O–H groups in total. The zero-order valence-corrected chi connectivity index (χ0v) is 23.9. The van der Waals surface area contributed by atoms with Crippen molar-refractivity contribution in [1.29, 1.82) is 0 Å². The molecule has 204 valence electrons. The molecule has 0 saturated carbocycles. The van der Waals surface area contributed by atoms with Crippen molar-refractivity contribution in [3.8, 4) is 5.69 Å². The standard InChI is InChI=1S/C28H25BrN6O4S/c1-18-22(8-4-10-23(18)35(38)39)27(37)30-16-25-31-32-28(34(25)21-13-11-20(29)12-14-21)40-17-26(36)33-15-5-7-19-6-2-3-9-24(19)33/h2-4,6,8-14H,5,7,15-17H2,1H3,(H,30,37). The van der Waals surface area contributed by atoms with Crippen LogP contribution in [0.4, 0.5) is 11.4 Å². The SMILES string of the molecule is Cc1c(C(=O)NCc2nnc(SCC(=O)N3CCCc4ccccc43)n2-c2ccc(Br)cc2)cccc1[N+](=O)[O-]. The maximum absolute atomic E-state index is 13.2. The Labute approximate surface area is 243 Å². The normalized spacial score (nSPS) is 12.6. The number of nitrogens with zero attached hydrogens (tertiary/aromatic N) is 5. The Balaban J connectivity index is 1.36. The minimum Gasteiger partial charge on any atom is -0.345 e. The predicted octanol–water partition coefficient (Wildman–Crippen LogP) is 5.25. The van der Waals surface area contributed by atoms with Crippen LogP contribution in [-0.2, 0) is 17.8 Å². The van der Waals surface area contributed by atoms with Crippen LogP contribution < -0.4 is 10.2 Å². The maximum Gasteiger partial charge on any atom is 0.273 e. The first kappa shape index (κ1) is 27.5. The number of halogens is 1. The van der Waals surface area contributed by atoms with Gasteiger partial charge in [-0.1, -0.05) is 52.0 Å². The summed E-state index contributed by atoms with van der Waals surface area (Å²) in [5.41, 5.74) is 3.27. The van der Waals surface area contributed by atoms with Gasteiger partial charge in [0.25, 0.3) is 11.6 Å². The summed E-state index contributed by atoms with van der Waals surface area (Å²) < 4.78 is 2.70. The molecular formula is C28H25BrN6O4S. The largest absolute Gasteiger partial charge is 0.345 e. The maximum atomic E-state index is 13.2. The van der Waals surface area contributed by atoms with Crippen LogP contribution in [0.25, 0.3) is 5.69 Å². The second-order valence-electron chi connectivity index (χ2n) is 9.17. The molecule has 1 aliphatic rings. The highest BCUT2D eigenvalue weighted by Gasteiger charge is 2.24. The summed E-state index contributed by atoms with van der Waals surface area (Å²) in [7, 11) is 0. The molecule has 4 aromatic rings. The van der Waals surface area contributed by atoms with E-state index in [1.807, 2.05) is 47.4 Å². The van der Waals surface area contributed by atoms with Crippen molar-refractivity contribution in [2.75, 3.05) is 17.2 Å². The second kappa shape index (κ2) is 12.0. The lowest BCUT2D eigenvalue weighted by Crippen LogP contribution is -2.36. The molecule has 0 fully saturated rings. The molecule has 1 aromatic heterocycles. The van der Waals surface area contributed by atoms with Crippen molar-refractivity contribution < 1.29 is 14.5 Å². The number of benzene rings is 3. The van der Waals surface area contributed by atoms with Crippen molar-refractivity contribution in [3.63, 3.8) is 0 Å². The first-order chi connectivity index (χ1) is 19.3. The highest BCUT2D eigenvalue weighted by Crippen LogP contribution is 2.29. The highest BCUT2D eigenvalue weighted by molar-refractivity contribution is 9.10. The smallest absolute Gasteiger partial charge is 0.273 e. The van der Waals surface area contributed by atoms with E-state index < -0.39 is 10.8 Å². The van der Waals surface area contributed by atoms with Crippen LogP contribution in [0, 0.1) is 17.0 Å². The van der Waals surface area contributed by atoms with Gasteiger partial charge in [0.05, 0.1) is 17.2 Å². The number of carbonyl (C=O) groups is 2. The zero-order chi connectivity index (χ0) is 28.2. The van der Waals surface area contributed by atoms with Gasteiger partial charge in [-0.05, 0) is 61.7 Å². The van der Waals surface area contributed by atoms with Gasteiger partial charge >= 0.3 is 0 Å². The number of para-hydroxylation sites is 1.